The van der Waals surface area contributed by atoms with E-state index in [1.165, 1.54) is 0 Å². The highest BCUT2D eigenvalue weighted by Gasteiger charge is 2.08. The molecule has 0 atom stereocenters. The number of carbonyl (C=O) groups excluding carboxylic acids is 1. The van der Waals surface area contributed by atoms with Crippen LogP contribution in [0.4, 0.5) is 5.69 Å². The number of amides is 1. The van der Waals surface area contributed by atoms with E-state index in [0.29, 0.717) is 36.9 Å². The Bertz CT molecular complexity index is 722. The molecule has 0 fully saturated rings. The number of carbonyl (C=O) groups is 1. The van der Waals surface area contributed by atoms with Crippen LogP contribution in [0.1, 0.15) is 22.5 Å². The summed E-state index contributed by atoms with van der Waals surface area (Å²) in [5.41, 5.74) is 2.22. The van der Waals surface area contributed by atoms with Gasteiger partial charge in [0.1, 0.15) is 5.69 Å². The third-order valence-corrected chi connectivity index (χ3v) is 3.75. The Hall–Kier alpha value is -2.80. The number of hydrogen-bond donors (Lipinski definition) is 2. The molecule has 1 aromatic heterocycles. The van der Waals surface area contributed by atoms with Crippen molar-refractivity contribution in [2.24, 2.45) is 0 Å². The Balaban J connectivity index is 1.95. The van der Waals surface area contributed by atoms with Crippen LogP contribution in [0.2, 0.25) is 0 Å². The maximum absolute atomic E-state index is 12.1. The molecule has 0 bridgehead atoms. The Morgan fingerprint density at radius 1 is 1.08 bits per heavy atom. The van der Waals surface area contributed by atoms with Gasteiger partial charge in [0.25, 0.3) is 5.91 Å². The zero-order valence-electron chi connectivity index (χ0n) is 15.4. The van der Waals surface area contributed by atoms with Gasteiger partial charge in [-0.15, -0.1) is 0 Å². The lowest BCUT2D eigenvalue weighted by molar-refractivity contribution is 0.0943. The van der Waals surface area contributed by atoms with E-state index < -0.39 is 0 Å². The van der Waals surface area contributed by atoms with Crippen LogP contribution in [0, 0.1) is 0 Å². The molecule has 0 aliphatic heterocycles. The van der Waals surface area contributed by atoms with Crippen LogP contribution in [0.3, 0.4) is 0 Å². The second-order valence-corrected chi connectivity index (χ2v) is 5.57. The summed E-state index contributed by atoms with van der Waals surface area (Å²) in [6.45, 7) is 1.75. The van der Waals surface area contributed by atoms with E-state index >= 15 is 0 Å². The van der Waals surface area contributed by atoms with Crippen molar-refractivity contribution in [3.8, 4) is 11.5 Å². The SMILES string of the molecule is COCCCNC(=O)c1cc(NCc2ccc(OC)c(OC)c2)ccn1. The van der Waals surface area contributed by atoms with E-state index in [2.05, 4.69) is 15.6 Å². The summed E-state index contributed by atoms with van der Waals surface area (Å²) >= 11 is 0. The first-order chi connectivity index (χ1) is 12.7. The number of hydrogen-bond acceptors (Lipinski definition) is 6. The average molecular weight is 359 g/mol. The summed E-state index contributed by atoms with van der Waals surface area (Å²) in [6, 6.07) is 9.28. The van der Waals surface area contributed by atoms with Gasteiger partial charge < -0.3 is 24.8 Å². The highest BCUT2D eigenvalue weighted by molar-refractivity contribution is 5.93. The van der Waals surface area contributed by atoms with Gasteiger partial charge in [-0.2, -0.15) is 0 Å². The molecule has 7 nitrogen and oxygen atoms in total. The van der Waals surface area contributed by atoms with E-state index in [9.17, 15) is 4.79 Å². The molecule has 0 saturated heterocycles. The van der Waals surface area contributed by atoms with Gasteiger partial charge in [-0.1, -0.05) is 6.07 Å². The fourth-order valence-electron chi connectivity index (χ4n) is 2.37. The van der Waals surface area contributed by atoms with Crippen molar-refractivity contribution in [2.75, 3.05) is 39.8 Å². The maximum Gasteiger partial charge on any atom is 0.269 e. The van der Waals surface area contributed by atoms with Crippen molar-refractivity contribution >= 4 is 11.6 Å². The second-order valence-electron chi connectivity index (χ2n) is 5.57. The second kappa shape index (κ2) is 10.2. The molecule has 140 valence electrons. The van der Waals surface area contributed by atoms with E-state index in [1.807, 2.05) is 24.3 Å². The summed E-state index contributed by atoms with van der Waals surface area (Å²) < 4.78 is 15.5. The Labute approximate surface area is 153 Å². The first kappa shape index (κ1) is 19.5. The van der Waals surface area contributed by atoms with Crippen molar-refractivity contribution < 1.29 is 19.0 Å². The van der Waals surface area contributed by atoms with Crippen molar-refractivity contribution in [1.82, 2.24) is 10.3 Å². The molecule has 1 amide bonds. The van der Waals surface area contributed by atoms with Crippen molar-refractivity contribution in [2.45, 2.75) is 13.0 Å². The van der Waals surface area contributed by atoms with Crippen LogP contribution in [0.5, 0.6) is 11.5 Å². The molecule has 1 aromatic carbocycles. The van der Waals surface area contributed by atoms with Crippen LogP contribution in [0.25, 0.3) is 0 Å². The molecule has 0 radical (unpaired) electrons. The normalized spacial score (nSPS) is 10.3. The third kappa shape index (κ3) is 5.63. The fraction of sp³-hybridized carbons (Fsp3) is 0.368. The average Bonchev–Trinajstić information content (AvgIpc) is 2.69. The van der Waals surface area contributed by atoms with Gasteiger partial charge in [0.15, 0.2) is 11.5 Å². The highest BCUT2D eigenvalue weighted by Crippen LogP contribution is 2.27. The standard InChI is InChI=1S/C19H25N3O4/c1-24-10-4-8-21-19(23)16-12-15(7-9-20-16)22-13-14-5-6-17(25-2)18(11-14)26-3/h5-7,9,11-12H,4,8,10,13H2,1-3H3,(H,20,22)(H,21,23). The number of methoxy groups -OCH3 is 3. The zero-order valence-corrected chi connectivity index (χ0v) is 15.4. The van der Waals surface area contributed by atoms with Crippen LogP contribution in [0.15, 0.2) is 36.5 Å². The summed E-state index contributed by atoms with van der Waals surface area (Å²) in [5.74, 6) is 1.17. The van der Waals surface area contributed by atoms with Crippen LogP contribution in [-0.4, -0.2) is 45.4 Å². The van der Waals surface area contributed by atoms with Gasteiger partial charge in [-0.25, -0.2) is 0 Å². The number of nitrogens with one attached hydrogen (secondary N) is 2. The van der Waals surface area contributed by atoms with Crippen LogP contribution >= 0.6 is 0 Å². The molecule has 0 spiro atoms. The first-order valence-electron chi connectivity index (χ1n) is 8.36. The maximum atomic E-state index is 12.1. The van der Waals surface area contributed by atoms with Crippen LogP contribution < -0.4 is 20.1 Å². The topological polar surface area (TPSA) is 81.7 Å². The van der Waals surface area contributed by atoms with Gasteiger partial charge in [0, 0.05) is 38.7 Å². The van der Waals surface area contributed by atoms with Gasteiger partial charge in [-0.3, -0.25) is 9.78 Å². The Morgan fingerprint density at radius 2 is 1.88 bits per heavy atom. The summed E-state index contributed by atoms with van der Waals surface area (Å²) in [4.78, 5) is 16.2. The number of nitrogens with zero attached hydrogens (tertiary/aromatic N) is 1. The van der Waals surface area contributed by atoms with Crippen LogP contribution in [-0.2, 0) is 11.3 Å². The molecule has 2 rings (SSSR count). The molecule has 0 saturated carbocycles. The smallest absolute Gasteiger partial charge is 0.269 e. The largest absolute Gasteiger partial charge is 0.493 e. The number of ether oxygens (including phenoxy) is 3. The highest BCUT2D eigenvalue weighted by atomic mass is 16.5. The molecule has 26 heavy (non-hydrogen) atoms. The van der Waals surface area contributed by atoms with E-state index in [4.69, 9.17) is 14.2 Å². The molecule has 2 N–H and O–H groups in total. The van der Waals surface area contributed by atoms with E-state index in [0.717, 1.165) is 17.7 Å². The van der Waals surface area contributed by atoms with Crippen molar-refractivity contribution in [3.63, 3.8) is 0 Å². The van der Waals surface area contributed by atoms with Gasteiger partial charge in [-0.05, 0) is 36.2 Å². The predicted octanol–water partition coefficient (Wildman–Crippen LogP) is 2.48. The number of benzene rings is 1. The monoisotopic (exact) mass is 359 g/mol. The minimum absolute atomic E-state index is 0.198. The lowest BCUT2D eigenvalue weighted by Gasteiger charge is -2.11. The third-order valence-electron chi connectivity index (χ3n) is 3.75. The van der Waals surface area contributed by atoms with Gasteiger partial charge >= 0.3 is 0 Å². The lowest BCUT2D eigenvalue weighted by Crippen LogP contribution is -2.26. The number of rotatable bonds is 10. The Kier molecular flexibility index (Phi) is 7.70. The molecule has 7 heteroatoms. The minimum atomic E-state index is -0.198. The quantitative estimate of drug-likeness (QED) is 0.634. The van der Waals surface area contributed by atoms with Crippen molar-refractivity contribution in [3.05, 3.63) is 47.8 Å². The minimum Gasteiger partial charge on any atom is -0.493 e. The molecule has 0 aliphatic rings. The Morgan fingerprint density at radius 3 is 2.62 bits per heavy atom. The number of aromatic nitrogens is 1. The molecular formula is C19H25N3O4. The zero-order chi connectivity index (χ0) is 18.8. The summed E-state index contributed by atoms with van der Waals surface area (Å²) in [7, 11) is 4.85. The fourth-order valence-corrected chi connectivity index (χ4v) is 2.37. The van der Waals surface area contributed by atoms with Crippen molar-refractivity contribution in [1.29, 1.82) is 0 Å². The molecule has 0 aliphatic carbocycles. The van der Waals surface area contributed by atoms with Gasteiger partial charge in [0.05, 0.1) is 14.2 Å². The lowest BCUT2D eigenvalue weighted by atomic mass is 10.2. The summed E-state index contributed by atoms with van der Waals surface area (Å²) in [5, 5.41) is 6.11. The van der Waals surface area contributed by atoms with E-state index in [-0.39, 0.29) is 5.91 Å². The summed E-state index contributed by atoms with van der Waals surface area (Å²) in [6.07, 6.45) is 2.38. The molecule has 2 aromatic rings. The predicted molar refractivity (Wildman–Crippen MR) is 99.9 cm³/mol. The van der Waals surface area contributed by atoms with Gasteiger partial charge in [0.2, 0.25) is 0 Å². The first-order valence-corrected chi connectivity index (χ1v) is 8.36. The molecule has 0 unspecified atom stereocenters. The molecular weight excluding hydrogens is 334 g/mol. The number of pyridine rings is 1. The van der Waals surface area contributed by atoms with E-state index in [1.54, 1.807) is 33.6 Å². The molecule has 1 heterocycles. The number of anilines is 1.